The zero-order chi connectivity index (χ0) is 10.7. The van der Waals surface area contributed by atoms with Gasteiger partial charge in [0, 0.05) is 13.1 Å². The summed E-state index contributed by atoms with van der Waals surface area (Å²) in [7, 11) is 1.82. The first-order valence-electron chi connectivity index (χ1n) is 4.03. The minimum absolute atomic E-state index is 0.0691. The molecule has 1 rings (SSSR count). The molecule has 2 N–H and O–H groups in total. The second-order valence-corrected chi connectivity index (χ2v) is 3.25. The number of anilines is 2. The van der Waals surface area contributed by atoms with Gasteiger partial charge in [0.15, 0.2) is 0 Å². The quantitative estimate of drug-likeness (QED) is 0.588. The van der Waals surface area contributed by atoms with Crippen molar-refractivity contribution in [3.63, 3.8) is 0 Å². The van der Waals surface area contributed by atoms with Crippen LogP contribution in [0.2, 0.25) is 5.15 Å². The minimum atomic E-state index is -0.0691. The predicted octanol–water partition coefficient (Wildman–Crippen LogP) is 1.17. The average Bonchev–Trinajstić information content (AvgIpc) is 2.14. The van der Waals surface area contributed by atoms with Crippen molar-refractivity contribution in [3.8, 4) is 12.3 Å². The molecular formula is C9H11ClN4. The molecule has 14 heavy (non-hydrogen) atoms. The number of hydrogen-bond acceptors (Lipinski definition) is 4. The molecule has 1 unspecified atom stereocenters. The maximum Gasteiger partial charge on any atom is 0.223 e. The van der Waals surface area contributed by atoms with Crippen LogP contribution in [0.15, 0.2) is 6.07 Å². The lowest BCUT2D eigenvalue weighted by molar-refractivity contribution is 0.828. The SMILES string of the molecule is C#CC(C)N(C)c1cc(Cl)nc(N)n1. The van der Waals surface area contributed by atoms with E-state index in [1.807, 2.05) is 14.0 Å². The monoisotopic (exact) mass is 210 g/mol. The molecule has 0 saturated carbocycles. The Kier molecular flexibility index (Phi) is 3.15. The highest BCUT2D eigenvalue weighted by Crippen LogP contribution is 2.17. The summed E-state index contributed by atoms with van der Waals surface area (Å²) in [5.74, 6) is 3.34. The second kappa shape index (κ2) is 4.16. The molecule has 0 aliphatic rings. The highest BCUT2D eigenvalue weighted by Gasteiger charge is 2.10. The van der Waals surface area contributed by atoms with Gasteiger partial charge in [0.25, 0.3) is 0 Å². The molecule has 0 aliphatic heterocycles. The zero-order valence-electron chi connectivity index (χ0n) is 8.03. The number of nitrogens with two attached hydrogens (primary N) is 1. The summed E-state index contributed by atoms with van der Waals surface area (Å²) in [5.41, 5.74) is 5.45. The van der Waals surface area contributed by atoms with Gasteiger partial charge < -0.3 is 10.6 Å². The summed E-state index contributed by atoms with van der Waals surface area (Å²) < 4.78 is 0. The van der Waals surface area contributed by atoms with Crippen LogP contribution in [0, 0.1) is 12.3 Å². The number of hydrogen-bond donors (Lipinski definition) is 1. The second-order valence-electron chi connectivity index (χ2n) is 2.86. The molecule has 1 atom stereocenters. The molecule has 1 aromatic rings. The summed E-state index contributed by atoms with van der Waals surface area (Å²) in [5, 5.41) is 0.309. The fourth-order valence-corrected chi connectivity index (χ4v) is 1.10. The Labute approximate surface area is 88.1 Å². The highest BCUT2D eigenvalue weighted by atomic mass is 35.5. The number of nitrogen functional groups attached to an aromatic ring is 1. The van der Waals surface area contributed by atoms with Crippen LogP contribution in [0.3, 0.4) is 0 Å². The maximum absolute atomic E-state index is 5.73. The Hall–Kier alpha value is -1.47. The number of nitrogens with zero attached hydrogens (tertiary/aromatic N) is 3. The lowest BCUT2D eigenvalue weighted by Gasteiger charge is -2.21. The van der Waals surface area contributed by atoms with Crippen molar-refractivity contribution in [3.05, 3.63) is 11.2 Å². The number of terminal acetylenes is 1. The first-order chi connectivity index (χ1) is 6.54. The maximum atomic E-state index is 5.73. The van der Waals surface area contributed by atoms with Gasteiger partial charge in [-0.2, -0.15) is 4.98 Å². The van der Waals surface area contributed by atoms with Crippen molar-refractivity contribution in [1.29, 1.82) is 0 Å². The molecule has 1 heterocycles. The van der Waals surface area contributed by atoms with Gasteiger partial charge in [0.1, 0.15) is 11.0 Å². The van der Waals surface area contributed by atoms with Gasteiger partial charge >= 0.3 is 0 Å². The van der Waals surface area contributed by atoms with Crippen molar-refractivity contribution in [2.45, 2.75) is 13.0 Å². The van der Waals surface area contributed by atoms with Crippen LogP contribution in [-0.2, 0) is 0 Å². The van der Waals surface area contributed by atoms with Crippen LogP contribution in [0.4, 0.5) is 11.8 Å². The predicted molar refractivity (Wildman–Crippen MR) is 58.2 cm³/mol. The van der Waals surface area contributed by atoms with E-state index >= 15 is 0 Å². The Balaban J connectivity index is 3.02. The van der Waals surface area contributed by atoms with E-state index in [4.69, 9.17) is 23.8 Å². The van der Waals surface area contributed by atoms with Gasteiger partial charge in [0.05, 0.1) is 6.04 Å². The average molecular weight is 211 g/mol. The third kappa shape index (κ3) is 2.27. The van der Waals surface area contributed by atoms with Crippen LogP contribution in [0.5, 0.6) is 0 Å². The van der Waals surface area contributed by atoms with Crippen LogP contribution < -0.4 is 10.6 Å². The highest BCUT2D eigenvalue weighted by molar-refractivity contribution is 6.29. The van der Waals surface area contributed by atoms with Gasteiger partial charge in [-0.1, -0.05) is 17.5 Å². The number of aromatic nitrogens is 2. The first-order valence-corrected chi connectivity index (χ1v) is 4.41. The smallest absolute Gasteiger partial charge is 0.223 e. The van der Waals surface area contributed by atoms with E-state index in [-0.39, 0.29) is 12.0 Å². The Bertz CT molecular complexity index is 351. The van der Waals surface area contributed by atoms with E-state index in [1.54, 1.807) is 11.0 Å². The minimum Gasteiger partial charge on any atom is -0.368 e. The van der Waals surface area contributed by atoms with Gasteiger partial charge in [-0.15, -0.1) is 6.42 Å². The molecule has 0 aromatic carbocycles. The molecule has 0 bridgehead atoms. The number of halogens is 1. The third-order valence-electron chi connectivity index (χ3n) is 1.88. The molecule has 0 radical (unpaired) electrons. The van der Waals surface area contributed by atoms with E-state index in [9.17, 15) is 0 Å². The van der Waals surface area contributed by atoms with Crippen molar-refractivity contribution in [2.24, 2.45) is 0 Å². The van der Waals surface area contributed by atoms with Crippen LogP contribution in [-0.4, -0.2) is 23.1 Å². The van der Waals surface area contributed by atoms with Crippen LogP contribution >= 0.6 is 11.6 Å². The van der Waals surface area contributed by atoms with Gasteiger partial charge in [-0.3, -0.25) is 0 Å². The lowest BCUT2D eigenvalue weighted by Crippen LogP contribution is -2.28. The van der Waals surface area contributed by atoms with Crippen molar-refractivity contribution in [2.75, 3.05) is 17.7 Å². The molecule has 0 fully saturated rings. The summed E-state index contributed by atoms with van der Waals surface area (Å²) in [4.78, 5) is 9.57. The Morgan fingerprint density at radius 3 is 2.79 bits per heavy atom. The molecule has 0 saturated heterocycles. The Morgan fingerprint density at radius 1 is 1.64 bits per heavy atom. The van der Waals surface area contributed by atoms with Crippen molar-refractivity contribution < 1.29 is 0 Å². The van der Waals surface area contributed by atoms with Gasteiger partial charge in [-0.05, 0) is 6.92 Å². The van der Waals surface area contributed by atoms with E-state index in [0.717, 1.165) is 0 Å². The normalized spacial score (nSPS) is 11.9. The molecule has 0 spiro atoms. The Morgan fingerprint density at radius 2 is 2.29 bits per heavy atom. The lowest BCUT2D eigenvalue weighted by atomic mass is 10.3. The largest absolute Gasteiger partial charge is 0.368 e. The summed E-state index contributed by atoms with van der Waals surface area (Å²) >= 11 is 5.73. The molecule has 5 heteroatoms. The summed E-state index contributed by atoms with van der Waals surface area (Å²) in [6.45, 7) is 1.88. The van der Waals surface area contributed by atoms with Crippen LogP contribution in [0.1, 0.15) is 6.92 Å². The van der Waals surface area contributed by atoms with Crippen molar-refractivity contribution >= 4 is 23.4 Å². The summed E-state index contributed by atoms with van der Waals surface area (Å²) in [6.07, 6.45) is 5.29. The number of rotatable bonds is 2. The fraction of sp³-hybridized carbons (Fsp3) is 0.333. The summed E-state index contributed by atoms with van der Waals surface area (Å²) in [6, 6.07) is 1.55. The topological polar surface area (TPSA) is 55.0 Å². The van der Waals surface area contributed by atoms with Crippen LogP contribution in [0.25, 0.3) is 0 Å². The standard InChI is InChI=1S/C9H11ClN4/c1-4-6(2)14(3)8-5-7(10)12-9(11)13-8/h1,5-6H,2-3H3,(H2,11,12,13). The molecule has 0 amide bonds. The molecular weight excluding hydrogens is 200 g/mol. The molecule has 4 nitrogen and oxygen atoms in total. The third-order valence-corrected chi connectivity index (χ3v) is 2.08. The first kappa shape index (κ1) is 10.6. The van der Waals surface area contributed by atoms with Gasteiger partial charge in [-0.25, -0.2) is 4.98 Å². The van der Waals surface area contributed by atoms with Crippen molar-refractivity contribution in [1.82, 2.24) is 9.97 Å². The molecule has 74 valence electrons. The van der Waals surface area contributed by atoms with E-state index in [0.29, 0.717) is 11.0 Å². The molecule has 1 aromatic heterocycles. The van der Waals surface area contributed by atoms with E-state index in [2.05, 4.69) is 15.9 Å². The fourth-order valence-electron chi connectivity index (χ4n) is 0.914. The zero-order valence-corrected chi connectivity index (χ0v) is 8.78. The molecule has 0 aliphatic carbocycles. The van der Waals surface area contributed by atoms with Gasteiger partial charge in [0.2, 0.25) is 5.95 Å². The van der Waals surface area contributed by atoms with E-state index < -0.39 is 0 Å². The van der Waals surface area contributed by atoms with E-state index in [1.165, 1.54) is 0 Å².